The van der Waals surface area contributed by atoms with E-state index < -0.39 is 56.4 Å². The summed E-state index contributed by atoms with van der Waals surface area (Å²) in [5.74, 6) is -4.08. The van der Waals surface area contributed by atoms with Gasteiger partial charge in [0.25, 0.3) is 20.2 Å². The molecule has 0 saturated carbocycles. The van der Waals surface area contributed by atoms with Gasteiger partial charge in [-0.3, -0.25) is 8.37 Å². The fourth-order valence-electron chi connectivity index (χ4n) is 2.77. The lowest BCUT2D eigenvalue weighted by Crippen LogP contribution is -2.65. The molecule has 2 aliphatic rings. The standard InChI is InChI=1S/C13H24O10S2/c1-11(2)18-7-10(21-25(6,16)17)13(22-11)9(8-19-24(5,14)15)20-12(3,4)23-13/h9-10H,7-8H2,1-6H3/t9?,10?,13-/m1/s1. The quantitative estimate of drug-likeness (QED) is 0.575. The lowest BCUT2D eigenvalue weighted by atomic mass is 10.0. The third kappa shape index (κ3) is 5.32. The molecule has 3 atom stereocenters. The van der Waals surface area contributed by atoms with Gasteiger partial charge in [-0.1, -0.05) is 0 Å². The van der Waals surface area contributed by atoms with Gasteiger partial charge in [0.2, 0.25) is 5.79 Å². The summed E-state index contributed by atoms with van der Waals surface area (Å²) < 4.78 is 78.7. The molecule has 0 bridgehead atoms. The van der Waals surface area contributed by atoms with Gasteiger partial charge in [0.05, 0.1) is 25.7 Å². The van der Waals surface area contributed by atoms with Crippen molar-refractivity contribution in [3.63, 3.8) is 0 Å². The number of rotatable bonds is 5. The van der Waals surface area contributed by atoms with Crippen LogP contribution in [0.4, 0.5) is 0 Å². The largest absolute Gasteiger partial charge is 0.347 e. The molecular formula is C13H24O10S2. The zero-order chi connectivity index (χ0) is 19.3. The number of hydrogen-bond donors (Lipinski definition) is 0. The second-order valence-corrected chi connectivity index (χ2v) is 10.2. The molecule has 10 nitrogen and oxygen atoms in total. The summed E-state index contributed by atoms with van der Waals surface area (Å²) in [4.78, 5) is 0. The van der Waals surface area contributed by atoms with E-state index in [-0.39, 0.29) is 6.61 Å². The number of hydrogen-bond acceptors (Lipinski definition) is 10. The maximum Gasteiger partial charge on any atom is 0.264 e. The molecule has 0 radical (unpaired) electrons. The first-order valence-electron chi connectivity index (χ1n) is 7.48. The third-order valence-electron chi connectivity index (χ3n) is 3.44. The summed E-state index contributed by atoms with van der Waals surface area (Å²) in [6.45, 7) is 5.76. The molecule has 25 heavy (non-hydrogen) atoms. The molecule has 148 valence electrons. The summed E-state index contributed by atoms with van der Waals surface area (Å²) in [5, 5.41) is 0. The normalized spacial score (nSPS) is 35.1. The second kappa shape index (κ2) is 6.37. The van der Waals surface area contributed by atoms with Crippen LogP contribution >= 0.6 is 0 Å². The van der Waals surface area contributed by atoms with Gasteiger partial charge in [-0.2, -0.15) is 16.8 Å². The maximum absolute atomic E-state index is 11.6. The summed E-state index contributed by atoms with van der Waals surface area (Å²) >= 11 is 0. The summed E-state index contributed by atoms with van der Waals surface area (Å²) in [5.41, 5.74) is 0. The zero-order valence-corrected chi connectivity index (χ0v) is 16.6. The topological polar surface area (TPSA) is 124 Å². The second-order valence-electron chi connectivity index (χ2n) is 6.92. The van der Waals surface area contributed by atoms with Crippen LogP contribution < -0.4 is 0 Å². The predicted molar refractivity (Wildman–Crippen MR) is 84.4 cm³/mol. The van der Waals surface area contributed by atoms with Gasteiger partial charge < -0.3 is 18.9 Å². The molecule has 2 aliphatic heterocycles. The Morgan fingerprint density at radius 2 is 1.52 bits per heavy atom. The molecule has 0 N–H and O–H groups in total. The van der Waals surface area contributed by atoms with Crippen LogP contribution in [0.5, 0.6) is 0 Å². The molecule has 2 fully saturated rings. The molecule has 12 heteroatoms. The molecule has 2 unspecified atom stereocenters. The van der Waals surface area contributed by atoms with Crippen molar-refractivity contribution in [1.82, 2.24) is 0 Å². The summed E-state index contributed by atoms with van der Waals surface area (Å²) in [7, 11) is -7.65. The SMILES string of the molecule is CC1(C)OCC(OS(C)(=O)=O)[C@]2(O1)OC(C)(C)OC2COS(C)(=O)=O. The molecule has 0 aliphatic carbocycles. The van der Waals surface area contributed by atoms with E-state index in [0.29, 0.717) is 0 Å². The highest BCUT2D eigenvalue weighted by atomic mass is 32.2. The molecule has 2 rings (SSSR count). The third-order valence-corrected chi connectivity index (χ3v) is 4.59. The Balaban J connectivity index is 2.42. The molecule has 0 aromatic rings. The average Bonchev–Trinajstić information content (AvgIpc) is 2.59. The van der Waals surface area contributed by atoms with E-state index >= 15 is 0 Å². The first kappa shape index (κ1) is 21.0. The van der Waals surface area contributed by atoms with Crippen LogP contribution in [0.1, 0.15) is 27.7 Å². The minimum absolute atomic E-state index is 0.172. The fourth-order valence-corrected chi connectivity index (χ4v) is 3.75. The Labute approximate surface area is 147 Å². The smallest absolute Gasteiger partial charge is 0.264 e. The molecule has 0 amide bonds. The van der Waals surface area contributed by atoms with E-state index in [0.717, 1.165) is 12.5 Å². The van der Waals surface area contributed by atoms with Crippen molar-refractivity contribution in [1.29, 1.82) is 0 Å². The van der Waals surface area contributed by atoms with Crippen molar-refractivity contribution in [3.05, 3.63) is 0 Å². The van der Waals surface area contributed by atoms with Crippen LogP contribution in [0.2, 0.25) is 0 Å². The lowest BCUT2D eigenvalue weighted by Gasteiger charge is -2.47. The highest BCUT2D eigenvalue weighted by Crippen LogP contribution is 2.46. The van der Waals surface area contributed by atoms with Crippen LogP contribution in [0.3, 0.4) is 0 Å². The van der Waals surface area contributed by atoms with Crippen LogP contribution in [0, 0.1) is 0 Å². The Bertz CT molecular complexity index is 711. The van der Waals surface area contributed by atoms with Gasteiger partial charge in [0.15, 0.2) is 17.7 Å². The molecular weight excluding hydrogens is 380 g/mol. The molecule has 2 heterocycles. The van der Waals surface area contributed by atoms with Crippen molar-refractivity contribution in [2.45, 2.75) is 57.3 Å². The molecule has 2 saturated heterocycles. The van der Waals surface area contributed by atoms with E-state index in [4.69, 9.17) is 27.3 Å². The van der Waals surface area contributed by atoms with E-state index in [1.165, 1.54) is 0 Å². The van der Waals surface area contributed by atoms with Crippen LogP contribution in [-0.4, -0.2) is 72.1 Å². The van der Waals surface area contributed by atoms with Gasteiger partial charge in [-0.05, 0) is 27.7 Å². The van der Waals surface area contributed by atoms with Gasteiger partial charge >= 0.3 is 0 Å². The Hall–Kier alpha value is -0.340. The highest BCUT2D eigenvalue weighted by Gasteiger charge is 2.65. The van der Waals surface area contributed by atoms with Gasteiger partial charge in [0.1, 0.15) is 6.10 Å². The molecule has 1 spiro atoms. The monoisotopic (exact) mass is 404 g/mol. The first-order valence-corrected chi connectivity index (χ1v) is 11.1. The summed E-state index contributed by atoms with van der Waals surface area (Å²) in [6.07, 6.45) is -0.527. The van der Waals surface area contributed by atoms with Gasteiger partial charge in [-0.25, -0.2) is 0 Å². The van der Waals surface area contributed by atoms with Gasteiger partial charge in [-0.15, -0.1) is 0 Å². The highest BCUT2D eigenvalue weighted by molar-refractivity contribution is 7.86. The minimum atomic E-state index is -3.88. The Morgan fingerprint density at radius 3 is 2.04 bits per heavy atom. The van der Waals surface area contributed by atoms with Crippen molar-refractivity contribution in [2.75, 3.05) is 25.7 Å². The molecule has 0 aromatic carbocycles. The van der Waals surface area contributed by atoms with Crippen molar-refractivity contribution >= 4 is 20.2 Å². The van der Waals surface area contributed by atoms with Crippen LogP contribution in [0.25, 0.3) is 0 Å². The average molecular weight is 404 g/mol. The van der Waals surface area contributed by atoms with E-state index in [1.807, 2.05) is 0 Å². The fraction of sp³-hybridized carbons (Fsp3) is 1.00. The summed E-state index contributed by atoms with van der Waals surface area (Å²) in [6, 6.07) is 0. The minimum Gasteiger partial charge on any atom is -0.347 e. The number of ether oxygens (including phenoxy) is 4. The first-order chi connectivity index (χ1) is 11.0. The van der Waals surface area contributed by atoms with Gasteiger partial charge in [0, 0.05) is 0 Å². The van der Waals surface area contributed by atoms with Crippen molar-refractivity contribution in [2.24, 2.45) is 0 Å². The molecule has 0 aromatic heterocycles. The Kier molecular flexibility index (Phi) is 5.34. The van der Waals surface area contributed by atoms with E-state index in [9.17, 15) is 16.8 Å². The Morgan fingerprint density at radius 1 is 0.960 bits per heavy atom. The maximum atomic E-state index is 11.6. The van der Waals surface area contributed by atoms with Crippen LogP contribution in [0.15, 0.2) is 0 Å². The lowest BCUT2D eigenvalue weighted by molar-refractivity contribution is -0.413. The van der Waals surface area contributed by atoms with Crippen LogP contribution in [-0.2, 0) is 47.5 Å². The zero-order valence-electron chi connectivity index (χ0n) is 15.0. The van der Waals surface area contributed by atoms with Crippen molar-refractivity contribution in [3.8, 4) is 0 Å². The van der Waals surface area contributed by atoms with Crippen molar-refractivity contribution < 1.29 is 44.1 Å². The predicted octanol–water partition coefficient (Wildman–Crippen LogP) is -0.0619. The van der Waals surface area contributed by atoms with E-state index in [2.05, 4.69) is 0 Å². The van der Waals surface area contributed by atoms with E-state index in [1.54, 1.807) is 27.7 Å².